The van der Waals surface area contributed by atoms with Gasteiger partial charge in [-0.25, -0.2) is 34.1 Å². The fraction of sp³-hybridized carbons (Fsp3) is 0.0806. The standard InChI is InChI=1S/C62H46N4O8/c1-71-58(67)45-31-23-41(24-32-45)53-54(42-25-33-46(34-26-42)59(68)72-2)65-62(64-53,52-22-14-13-20-50(52)40-17-9-6-10-18-40)66-56(44-29-37-48(38-30-44)61(70)74-4)55(43-27-35-47(36-28-43)60(69)73-3)63-57(66)51-21-12-11-19-49(51)39-15-7-5-8-16-39/h5-38H,1-4H3. The average molecular weight is 975 g/mol. The number of methoxy groups -OCH3 is 4. The Hall–Kier alpha value is -9.81. The molecule has 0 unspecified atom stereocenters. The lowest BCUT2D eigenvalue weighted by Gasteiger charge is -2.32. The van der Waals surface area contributed by atoms with Gasteiger partial charge in [0.25, 0.3) is 5.79 Å². The fourth-order valence-corrected chi connectivity index (χ4v) is 9.28. The van der Waals surface area contributed by atoms with Crippen LogP contribution in [0.25, 0.3) is 56.2 Å². The highest BCUT2D eigenvalue weighted by molar-refractivity contribution is 6.54. The summed E-state index contributed by atoms with van der Waals surface area (Å²) in [5.74, 6) is -3.31. The Morgan fingerprint density at radius 1 is 0.365 bits per heavy atom. The van der Waals surface area contributed by atoms with Crippen LogP contribution in [0.15, 0.2) is 216 Å². The minimum atomic E-state index is -1.77. The molecule has 1 aliphatic rings. The Labute approximate surface area is 426 Å². The summed E-state index contributed by atoms with van der Waals surface area (Å²) in [6.45, 7) is 0. The van der Waals surface area contributed by atoms with Gasteiger partial charge in [-0.1, -0.05) is 158 Å². The van der Waals surface area contributed by atoms with Crippen molar-refractivity contribution in [3.8, 4) is 56.2 Å². The van der Waals surface area contributed by atoms with E-state index in [1.165, 1.54) is 28.4 Å². The summed E-state index contributed by atoms with van der Waals surface area (Å²) < 4.78 is 22.5. The van der Waals surface area contributed by atoms with Gasteiger partial charge in [0.1, 0.15) is 5.82 Å². The molecular weight excluding hydrogens is 929 g/mol. The lowest BCUT2D eigenvalue weighted by molar-refractivity contribution is 0.0592. The highest BCUT2D eigenvalue weighted by Crippen LogP contribution is 2.50. The van der Waals surface area contributed by atoms with Crippen molar-refractivity contribution in [2.45, 2.75) is 5.79 Å². The number of aliphatic imine (C=N–C) groups is 2. The molecule has 0 saturated carbocycles. The lowest BCUT2D eigenvalue weighted by atomic mass is 9.93. The van der Waals surface area contributed by atoms with Crippen LogP contribution in [0.4, 0.5) is 0 Å². The number of carbonyl (C=O) groups excluding carboxylic acids is 4. The largest absolute Gasteiger partial charge is 0.465 e. The summed E-state index contributed by atoms with van der Waals surface area (Å²) in [5.41, 5.74) is 10.8. The third kappa shape index (κ3) is 8.85. The molecular formula is C62H46N4O8. The molecule has 0 N–H and O–H groups in total. The molecule has 8 aromatic carbocycles. The topological polar surface area (TPSA) is 148 Å². The van der Waals surface area contributed by atoms with Crippen molar-refractivity contribution in [3.63, 3.8) is 0 Å². The number of rotatable bonds is 13. The Bertz CT molecular complexity index is 3570. The van der Waals surface area contributed by atoms with Crippen molar-refractivity contribution in [2.24, 2.45) is 9.98 Å². The highest BCUT2D eigenvalue weighted by Gasteiger charge is 2.47. The van der Waals surface area contributed by atoms with Crippen molar-refractivity contribution < 1.29 is 38.1 Å². The van der Waals surface area contributed by atoms with Crippen molar-refractivity contribution in [2.75, 3.05) is 28.4 Å². The van der Waals surface area contributed by atoms with E-state index in [1.807, 2.05) is 158 Å². The molecule has 0 amide bonds. The van der Waals surface area contributed by atoms with E-state index in [4.69, 9.17) is 33.9 Å². The van der Waals surface area contributed by atoms with Crippen LogP contribution in [-0.2, 0) is 24.7 Å². The number of benzene rings is 8. The molecule has 0 atom stereocenters. The van der Waals surface area contributed by atoms with Crippen LogP contribution in [0.3, 0.4) is 0 Å². The molecule has 12 heteroatoms. The zero-order valence-corrected chi connectivity index (χ0v) is 40.7. The van der Waals surface area contributed by atoms with E-state index >= 15 is 0 Å². The van der Waals surface area contributed by atoms with Crippen LogP contribution < -0.4 is 0 Å². The SMILES string of the molecule is COC(=O)c1ccc(C2=NC(c3ccccc3-c3ccccc3)(n3c(-c4ccccc4-c4ccccc4)nc(-c4ccc(C(=O)OC)cc4)c3-c3ccc(C(=O)OC)cc3)N=C2c2ccc(C(=O)OC)cc2)cc1. The second kappa shape index (κ2) is 20.5. The van der Waals surface area contributed by atoms with E-state index in [2.05, 4.69) is 4.57 Å². The minimum absolute atomic E-state index is 0.331. The monoisotopic (exact) mass is 974 g/mol. The lowest BCUT2D eigenvalue weighted by Crippen LogP contribution is -2.32. The van der Waals surface area contributed by atoms with E-state index in [0.29, 0.717) is 78.7 Å². The van der Waals surface area contributed by atoms with Crippen LogP contribution in [-0.4, -0.2) is 73.3 Å². The van der Waals surface area contributed by atoms with Crippen LogP contribution in [0.5, 0.6) is 0 Å². The number of hydrogen-bond acceptors (Lipinski definition) is 11. The summed E-state index contributed by atoms with van der Waals surface area (Å²) in [6.07, 6.45) is 0. The molecule has 0 fully saturated rings. The number of carbonyl (C=O) groups is 4. The summed E-state index contributed by atoms with van der Waals surface area (Å²) in [4.78, 5) is 69.2. The number of esters is 4. The number of nitrogens with zero attached hydrogens (tertiary/aromatic N) is 4. The molecule has 0 spiro atoms. The molecule has 362 valence electrons. The van der Waals surface area contributed by atoms with Gasteiger partial charge < -0.3 is 18.9 Å². The molecule has 0 saturated heterocycles. The van der Waals surface area contributed by atoms with Gasteiger partial charge in [0, 0.05) is 33.4 Å². The summed E-state index contributed by atoms with van der Waals surface area (Å²) >= 11 is 0. The van der Waals surface area contributed by atoms with Gasteiger partial charge in [-0.2, -0.15) is 0 Å². The van der Waals surface area contributed by atoms with E-state index in [1.54, 1.807) is 48.5 Å². The summed E-state index contributed by atoms with van der Waals surface area (Å²) in [7, 11) is 5.34. The summed E-state index contributed by atoms with van der Waals surface area (Å²) in [5, 5.41) is 0. The van der Waals surface area contributed by atoms with Crippen LogP contribution in [0.2, 0.25) is 0 Å². The Morgan fingerprint density at radius 2 is 0.716 bits per heavy atom. The molecule has 0 aliphatic carbocycles. The van der Waals surface area contributed by atoms with Crippen LogP contribution in [0.1, 0.15) is 58.1 Å². The zero-order valence-electron chi connectivity index (χ0n) is 40.7. The Balaban J connectivity index is 1.41. The van der Waals surface area contributed by atoms with Gasteiger partial charge in [-0.15, -0.1) is 0 Å². The fourth-order valence-electron chi connectivity index (χ4n) is 9.28. The van der Waals surface area contributed by atoms with Gasteiger partial charge >= 0.3 is 23.9 Å². The molecule has 10 rings (SSSR count). The third-order valence-corrected chi connectivity index (χ3v) is 12.9. The molecule has 74 heavy (non-hydrogen) atoms. The normalized spacial score (nSPS) is 12.5. The van der Waals surface area contributed by atoms with E-state index in [-0.39, 0.29) is 0 Å². The molecule has 9 aromatic rings. The predicted molar refractivity (Wildman–Crippen MR) is 284 cm³/mol. The van der Waals surface area contributed by atoms with Gasteiger partial charge in [-0.3, -0.25) is 4.57 Å². The van der Waals surface area contributed by atoms with Gasteiger partial charge in [0.05, 0.1) is 73.5 Å². The summed E-state index contributed by atoms with van der Waals surface area (Å²) in [6, 6.07) is 64.1. The number of imidazole rings is 1. The third-order valence-electron chi connectivity index (χ3n) is 12.9. The minimum Gasteiger partial charge on any atom is -0.465 e. The number of hydrogen-bond donors (Lipinski definition) is 0. The highest BCUT2D eigenvalue weighted by atomic mass is 16.5. The second-order valence-electron chi connectivity index (χ2n) is 17.1. The maximum atomic E-state index is 13.0. The van der Waals surface area contributed by atoms with E-state index in [0.717, 1.165) is 27.8 Å². The van der Waals surface area contributed by atoms with Crippen LogP contribution >= 0.6 is 0 Å². The number of ether oxygens (including phenoxy) is 4. The molecule has 1 aliphatic heterocycles. The maximum absolute atomic E-state index is 13.0. The van der Waals surface area contributed by atoms with Gasteiger partial charge in [-0.05, 0) is 70.8 Å². The van der Waals surface area contributed by atoms with Crippen molar-refractivity contribution >= 4 is 35.3 Å². The molecule has 0 radical (unpaired) electrons. The first-order chi connectivity index (χ1) is 36.2. The Kier molecular flexibility index (Phi) is 13.3. The molecule has 12 nitrogen and oxygen atoms in total. The van der Waals surface area contributed by atoms with Gasteiger partial charge in [0.2, 0.25) is 0 Å². The smallest absolute Gasteiger partial charge is 0.337 e. The Morgan fingerprint density at radius 3 is 1.15 bits per heavy atom. The molecule has 0 bridgehead atoms. The van der Waals surface area contributed by atoms with E-state index in [9.17, 15) is 19.2 Å². The van der Waals surface area contributed by atoms with Crippen molar-refractivity contribution in [3.05, 3.63) is 245 Å². The average Bonchev–Trinajstić information content (AvgIpc) is 4.08. The van der Waals surface area contributed by atoms with Crippen molar-refractivity contribution in [1.29, 1.82) is 0 Å². The predicted octanol–water partition coefficient (Wildman–Crippen LogP) is 12.0. The maximum Gasteiger partial charge on any atom is 0.337 e. The van der Waals surface area contributed by atoms with E-state index < -0.39 is 29.7 Å². The number of aromatic nitrogens is 2. The first-order valence-electron chi connectivity index (χ1n) is 23.5. The second-order valence-corrected chi connectivity index (χ2v) is 17.1. The first-order valence-corrected chi connectivity index (χ1v) is 23.5. The van der Waals surface area contributed by atoms with Crippen LogP contribution in [0, 0.1) is 0 Å². The zero-order chi connectivity index (χ0) is 51.3. The van der Waals surface area contributed by atoms with Gasteiger partial charge in [0.15, 0.2) is 0 Å². The first kappa shape index (κ1) is 47.8. The molecule has 2 heterocycles. The molecule has 1 aromatic heterocycles. The quantitative estimate of drug-likeness (QED) is 0.0813. The van der Waals surface area contributed by atoms with Crippen molar-refractivity contribution in [1.82, 2.24) is 9.55 Å².